The fourth-order valence-corrected chi connectivity index (χ4v) is 1.81. The molecular weight excluding hydrogens is 264 g/mol. The zero-order chi connectivity index (χ0) is 13.4. The van der Waals surface area contributed by atoms with Gasteiger partial charge in [-0.3, -0.25) is 4.79 Å². The molecule has 1 aromatic carbocycles. The van der Waals surface area contributed by atoms with E-state index in [1.165, 1.54) is 5.56 Å². The third kappa shape index (κ3) is 6.05. The Morgan fingerprint density at radius 3 is 2.53 bits per heavy atom. The van der Waals surface area contributed by atoms with Gasteiger partial charge in [-0.15, -0.1) is 12.4 Å². The summed E-state index contributed by atoms with van der Waals surface area (Å²) in [6.45, 7) is 3.02. The first-order valence-electron chi connectivity index (χ1n) is 6.27. The molecule has 0 fully saturated rings. The molecule has 5 heteroatoms. The highest BCUT2D eigenvalue weighted by molar-refractivity contribution is 5.85. The molecule has 19 heavy (non-hydrogen) atoms. The molecular formula is C14H23ClN2O2. The third-order valence-electron chi connectivity index (χ3n) is 2.98. The van der Waals surface area contributed by atoms with Gasteiger partial charge in [0.25, 0.3) is 0 Å². The van der Waals surface area contributed by atoms with Crippen molar-refractivity contribution in [3.8, 4) is 0 Å². The van der Waals surface area contributed by atoms with Crippen LogP contribution in [-0.4, -0.2) is 25.7 Å². The van der Waals surface area contributed by atoms with Crippen LogP contribution in [0.5, 0.6) is 0 Å². The van der Waals surface area contributed by atoms with Crippen LogP contribution < -0.4 is 11.1 Å². The Balaban J connectivity index is 0.00000324. The largest absolute Gasteiger partial charge is 0.380 e. The maximum absolute atomic E-state index is 11.7. The molecule has 0 aliphatic heterocycles. The minimum absolute atomic E-state index is 0. The van der Waals surface area contributed by atoms with Gasteiger partial charge in [0, 0.05) is 20.2 Å². The van der Waals surface area contributed by atoms with Crippen molar-refractivity contribution in [3.63, 3.8) is 0 Å². The first-order valence-corrected chi connectivity index (χ1v) is 6.27. The van der Waals surface area contributed by atoms with E-state index in [-0.39, 0.29) is 24.4 Å². The summed E-state index contributed by atoms with van der Waals surface area (Å²) in [5.74, 6) is -0.0294. The van der Waals surface area contributed by atoms with Crippen LogP contribution in [0.4, 0.5) is 0 Å². The van der Waals surface area contributed by atoms with Crippen LogP contribution >= 0.6 is 12.4 Å². The van der Waals surface area contributed by atoms with Crippen molar-refractivity contribution in [3.05, 3.63) is 35.4 Å². The summed E-state index contributed by atoms with van der Waals surface area (Å²) in [6.07, 6.45) is 1.07. The summed E-state index contributed by atoms with van der Waals surface area (Å²) in [5.41, 5.74) is 7.91. The van der Waals surface area contributed by atoms with E-state index in [0.29, 0.717) is 19.5 Å². The number of aryl methyl sites for hydroxylation is 1. The normalized spacial score (nSPS) is 11.5. The van der Waals surface area contributed by atoms with Gasteiger partial charge in [0.2, 0.25) is 5.91 Å². The van der Waals surface area contributed by atoms with Gasteiger partial charge >= 0.3 is 0 Å². The molecule has 3 N–H and O–H groups in total. The monoisotopic (exact) mass is 286 g/mol. The van der Waals surface area contributed by atoms with Gasteiger partial charge in [-0.25, -0.2) is 0 Å². The third-order valence-corrected chi connectivity index (χ3v) is 2.98. The average Bonchev–Trinajstić information content (AvgIpc) is 2.42. The van der Waals surface area contributed by atoms with Crippen LogP contribution in [0.15, 0.2) is 24.3 Å². The van der Waals surface area contributed by atoms with Crippen molar-refractivity contribution in [2.45, 2.75) is 32.4 Å². The number of nitrogens with two attached hydrogens (primary N) is 1. The maximum atomic E-state index is 11.7. The number of halogens is 1. The van der Waals surface area contributed by atoms with Crippen molar-refractivity contribution in [1.29, 1.82) is 0 Å². The van der Waals surface area contributed by atoms with E-state index in [0.717, 1.165) is 12.0 Å². The van der Waals surface area contributed by atoms with Crippen molar-refractivity contribution < 1.29 is 9.53 Å². The number of hydrogen-bond donors (Lipinski definition) is 2. The van der Waals surface area contributed by atoms with E-state index in [9.17, 15) is 4.79 Å². The van der Waals surface area contributed by atoms with E-state index >= 15 is 0 Å². The van der Waals surface area contributed by atoms with E-state index in [1.807, 2.05) is 18.2 Å². The van der Waals surface area contributed by atoms with Gasteiger partial charge < -0.3 is 15.8 Å². The highest BCUT2D eigenvalue weighted by Crippen LogP contribution is 2.09. The summed E-state index contributed by atoms with van der Waals surface area (Å²) >= 11 is 0. The Labute approximate surface area is 121 Å². The number of carbonyl (C=O) groups excluding carboxylic acids is 1. The van der Waals surface area contributed by atoms with Crippen molar-refractivity contribution in [2.75, 3.05) is 13.7 Å². The molecule has 0 bridgehead atoms. The zero-order valence-corrected chi connectivity index (χ0v) is 12.3. The number of methoxy groups -OCH3 is 1. The zero-order valence-electron chi connectivity index (χ0n) is 11.5. The Kier molecular flexibility index (Phi) is 9.21. The second-order valence-electron chi connectivity index (χ2n) is 4.20. The predicted molar refractivity (Wildman–Crippen MR) is 79.4 cm³/mol. The Morgan fingerprint density at radius 2 is 2.00 bits per heavy atom. The molecule has 0 saturated carbocycles. The highest BCUT2D eigenvalue weighted by atomic mass is 35.5. The first kappa shape index (κ1) is 17.9. The van der Waals surface area contributed by atoms with Gasteiger partial charge in [-0.05, 0) is 17.5 Å². The highest BCUT2D eigenvalue weighted by Gasteiger charge is 2.11. The lowest BCUT2D eigenvalue weighted by Gasteiger charge is -2.13. The molecule has 0 heterocycles. The number of rotatable bonds is 7. The average molecular weight is 287 g/mol. The number of nitrogens with one attached hydrogen (secondary N) is 1. The lowest BCUT2D eigenvalue weighted by molar-refractivity contribution is -0.123. The molecule has 0 aromatic heterocycles. The standard InChI is InChI=1S/C14H22N2O2.ClH/c1-3-11-6-4-5-7-12(11)10-16-14(17)8-13(9-15)18-2;/h4-7,13H,3,8-10,15H2,1-2H3,(H,16,17);1H. The van der Waals surface area contributed by atoms with E-state index < -0.39 is 0 Å². The number of benzene rings is 1. The van der Waals surface area contributed by atoms with Crippen molar-refractivity contribution >= 4 is 18.3 Å². The fraction of sp³-hybridized carbons (Fsp3) is 0.500. The predicted octanol–water partition coefficient (Wildman–Crippen LogP) is 1.65. The molecule has 1 amide bonds. The molecule has 0 radical (unpaired) electrons. The topological polar surface area (TPSA) is 64.4 Å². The summed E-state index contributed by atoms with van der Waals surface area (Å²) in [6, 6.07) is 8.12. The molecule has 0 spiro atoms. The molecule has 1 rings (SSSR count). The second-order valence-corrected chi connectivity index (χ2v) is 4.20. The lowest BCUT2D eigenvalue weighted by atomic mass is 10.1. The number of ether oxygens (including phenoxy) is 1. The second kappa shape index (κ2) is 9.78. The summed E-state index contributed by atoms with van der Waals surface area (Å²) in [4.78, 5) is 11.7. The quantitative estimate of drug-likeness (QED) is 0.801. The van der Waals surface area contributed by atoms with Crippen LogP contribution in [0.25, 0.3) is 0 Å². The molecule has 0 aliphatic carbocycles. The van der Waals surface area contributed by atoms with Gasteiger partial charge in [-0.1, -0.05) is 31.2 Å². The number of carbonyl (C=O) groups is 1. The molecule has 4 nitrogen and oxygen atoms in total. The fourth-order valence-electron chi connectivity index (χ4n) is 1.81. The Bertz CT molecular complexity index is 381. The van der Waals surface area contributed by atoms with Gasteiger partial charge in [0.15, 0.2) is 0 Å². The number of hydrogen-bond acceptors (Lipinski definition) is 3. The Hall–Kier alpha value is -1.10. The van der Waals surface area contributed by atoms with Crippen molar-refractivity contribution in [2.24, 2.45) is 5.73 Å². The Morgan fingerprint density at radius 1 is 1.37 bits per heavy atom. The van der Waals surface area contributed by atoms with E-state index in [4.69, 9.17) is 10.5 Å². The van der Waals surface area contributed by atoms with Crippen LogP contribution in [0.2, 0.25) is 0 Å². The molecule has 0 saturated heterocycles. The van der Waals surface area contributed by atoms with Crippen LogP contribution in [0.3, 0.4) is 0 Å². The van der Waals surface area contributed by atoms with Gasteiger partial charge in [0.05, 0.1) is 12.5 Å². The smallest absolute Gasteiger partial charge is 0.222 e. The molecule has 1 aromatic rings. The maximum Gasteiger partial charge on any atom is 0.222 e. The van der Waals surface area contributed by atoms with Gasteiger partial charge in [0.1, 0.15) is 0 Å². The van der Waals surface area contributed by atoms with Crippen LogP contribution in [0, 0.1) is 0 Å². The molecule has 0 aliphatic rings. The summed E-state index contributed by atoms with van der Waals surface area (Å²) < 4.78 is 5.08. The van der Waals surface area contributed by atoms with Crippen LogP contribution in [-0.2, 0) is 22.5 Å². The minimum atomic E-state index is -0.202. The lowest BCUT2D eigenvalue weighted by Crippen LogP contribution is -2.32. The van der Waals surface area contributed by atoms with Crippen molar-refractivity contribution in [1.82, 2.24) is 5.32 Å². The molecule has 108 valence electrons. The van der Waals surface area contributed by atoms with Gasteiger partial charge in [-0.2, -0.15) is 0 Å². The number of amides is 1. The molecule has 1 atom stereocenters. The minimum Gasteiger partial charge on any atom is -0.380 e. The molecule has 1 unspecified atom stereocenters. The first-order chi connectivity index (χ1) is 8.71. The van der Waals surface area contributed by atoms with E-state index in [1.54, 1.807) is 7.11 Å². The van der Waals surface area contributed by atoms with Crippen LogP contribution in [0.1, 0.15) is 24.5 Å². The summed E-state index contributed by atoms with van der Waals surface area (Å²) in [5, 5.41) is 2.90. The summed E-state index contributed by atoms with van der Waals surface area (Å²) in [7, 11) is 1.57. The van der Waals surface area contributed by atoms with E-state index in [2.05, 4.69) is 18.3 Å². The SMILES string of the molecule is CCc1ccccc1CNC(=O)CC(CN)OC.Cl.